The summed E-state index contributed by atoms with van der Waals surface area (Å²) in [6.45, 7) is 4.72. The highest BCUT2D eigenvalue weighted by atomic mass is 32.1. The van der Waals surface area contributed by atoms with Crippen molar-refractivity contribution in [2.24, 2.45) is 5.84 Å². The summed E-state index contributed by atoms with van der Waals surface area (Å²) >= 11 is 1.27. The molecule has 1 unspecified atom stereocenters. The molecule has 0 bridgehead atoms. The number of nitrogens with two attached hydrogens (primary N) is 1. The summed E-state index contributed by atoms with van der Waals surface area (Å²) in [5, 5.41) is 0.524. The van der Waals surface area contributed by atoms with E-state index in [4.69, 9.17) is 5.84 Å². The van der Waals surface area contributed by atoms with E-state index in [1.165, 1.54) is 17.4 Å². The minimum Gasteiger partial charge on any atom is -0.299 e. The van der Waals surface area contributed by atoms with E-state index in [2.05, 4.69) is 24.2 Å². The highest BCUT2D eigenvalue weighted by molar-refractivity contribution is 7.21. The summed E-state index contributed by atoms with van der Waals surface area (Å²) < 4.78 is 15.0. The number of nitrogens with zero attached hydrogens (tertiary/aromatic N) is 1. The summed E-state index contributed by atoms with van der Waals surface area (Å²) in [6.07, 6.45) is 0.986. The zero-order valence-corrected chi connectivity index (χ0v) is 13.3. The minimum absolute atomic E-state index is 0.299. The maximum Gasteiger partial charge on any atom is 0.275 e. The van der Waals surface area contributed by atoms with Crippen molar-refractivity contribution in [1.29, 1.82) is 0 Å². The molecular weight excluding hydrogens is 289 g/mol. The van der Waals surface area contributed by atoms with Crippen LogP contribution in [0.4, 0.5) is 4.39 Å². The van der Waals surface area contributed by atoms with E-state index in [9.17, 15) is 9.18 Å². The Morgan fingerprint density at radius 3 is 2.86 bits per heavy atom. The average Bonchev–Trinajstić information content (AvgIpc) is 2.85. The van der Waals surface area contributed by atoms with Gasteiger partial charge in [0.15, 0.2) is 0 Å². The van der Waals surface area contributed by atoms with E-state index in [0.29, 0.717) is 28.4 Å². The first-order chi connectivity index (χ1) is 9.99. The molecule has 1 aromatic heterocycles. The number of carbonyl (C=O) groups is 1. The second-order valence-electron chi connectivity index (χ2n) is 5.17. The van der Waals surface area contributed by atoms with Crippen LogP contribution in [0, 0.1) is 5.82 Å². The van der Waals surface area contributed by atoms with E-state index in [-0.39, 0.29) is 11.7 Å². The zero-order chi connectivity index (χ0) is 15.6. The Bertz CT molecular complexity index is 656. The van der Waals surface area contributed by atoms with Gasteiger partial charge >= 0.3 is 0 Å². The molecule has 0 aliphatic rings. The van der Waals surface area contributed by atoms with Crippen molar-refractivity contribution >= 4 is 27.3 Å². The van der Waals surface area contributed by atoms with E-state index in [1.807, 2.05) is 13.1 Å². The fraction of sp³-hybridized carbons (Fsp3) is 0.400. The van der Waals surface area contributed by atoms with E-state index in [1.54, 1.807) is 6.07 Å². The number of carbonyl (C=O) groups excluding carboxylic acids is 1. The summed E-state index contributed by atoms with van der Waals surface area (Å²) in [5.41, 5.74) is 2.86. The predicted octanol–water partition coefficient (Wildman–Crippen LogP) is 2.87. The normalized spacial score (nSPS) is 12.9. The fourth-order valence-corrected chi connectivity index (χ4v) is 3.41. The number of thiophene rings is 1. The van der Waals surface area contributed by atoms with Gasteiger partial charge in [0.05, 0.1) is 4.88 Å². The molecule has 3 N–H and O–H groups in total. The van der Waals surface area contributed by atoms with Gasteiger partial charge in [0.1, 0.15) is 5.82 Å². The van der Waals surface area contributed by atoms with Gasteiger partial charge < -0.3 is 0 Å². The molecule has 0 aliphatic carbocycles. The Labute approximate surface area is 127 Å². The maximum atomic E-state index is 14.2. The lowest BCUT2D eigenvalue weighted by atomic mass is 10.1. The Balaban J connectivity index is 2.54. The molecule has 21 heavy (non-hydrogen) atoms. The van der Waals surface area contributed by atoms with E-state index in [0.717, 1.165) is 11.1 Å². The molecule has 0 fully saturated rings. The summed E-state index contributed by atoms with van der Waals surface area (Å²) in [7, 11) is 1.97. The van der Waals surface area contributed by atoms with Crippen LogP contribution in [0.3, 0.4) is 0 Å². The summed E-state index contributed by atoms with van der Waals surface area (Å²) in [5.74, 6) is 4.58. The molecule has 1 heterocycles. The topological polar surface area (TPSA) is 58.4 Å². The van der Waals surface area contributed by atoms with Gasteiger partial charge in [-0.3, -0.25) is 15.1 Å². The van der Waals surface area contributed by atoms with Gasteiger partial charge in [-0.15, -0.1) is 11.3 Å². The van der Waals surface area contributed by atoms with Gasteiger partial charge in [0.25, 0.3) is 5.91 Å². The van der Waals surface area contributed by atoms with Crippen LogP contribution in [0.2, 0.25) is 0 Å². The predicted molar refractivity (Wildman–Crippen MR) is 84.7 cm³/mol. The lowest BCUT2D eigenvalue weighted by molar-refractivity contribution is 0.0955. The number of amides is 1. The van der Waals surface area contributed by atoms with Crippen LogP contribution in [-0.4, -0.2) is 23.9 Å². The highest BCUT2D eigenvalue weighted by Gasteiger charge is 2.22. The molecule has 6 heteroatoms. The van der Waals surface area contributed by atoms with Crippen LogP contribution in [0.15, 0.2) is 18.2 Å². The molecule has 0 aliphatic heterocycles. The van der Waals surface area contributed by atoms with Gasteiger partial charge in [0.2, 0.25) is 0 Å². The van der Waals surface area contributed by atoms with Crippen LogP contribution in [-0.2, 0) is 6.54 Å². The van der Waals surface area contributed by atoms with Crippen molar-refractivity contribution in [1.82, 2.24) is 10.3 Å². The maximum absolute atomic E-state index is 14.2. The molecule has 2 rings (SSSR count). The summed E-state index contributed by atoms with van der Waals surface area (Å²) in [4.78, 5) is 14.6. The Morgan fingerprint density at radius 1 is 1.52 bits per heavy atom. The number of hydrogen-bond donors (Lipinski definition) is 2. The van der Waals surface area contributed by atoms with Crippen molar-refractivity contribution in [2.45, 2.75) is 32.9 Å². The van der Waals surface area contributed by atoms with Gasteiger partial charge in [-0.1, -0.05) is 13.0 Å². The van der Waals surface area contributed by atoms with Crippen LogP contribution in [0.25, 0.3) is 10.1 Å². The quantitative estimate of drug-likeness (QED) is 0.507. The Morgan fingerprint density at radius 2 is 2.24 bits per heavy atom. The fourth-order valence-electron chi connectivity index (χ4n) is 2.28. The van der Waals surface area contributed by atoms with Crippen LogP contribution in [0.1, 0.15) is 35.5 Å². The minimum atomic E-state index is -0.372. The lowest BCUT2D eigenvalue weighted by Gasteiger charge is -2.23. The largest absolute Gasteiger partial charge is 0.299 e. The van der Waals surface area contributed by atoms with Crippen LogP contribution in [0.5, 0.6) is 0 Å². The highest BCUT2D eigenvalue weighted by Crippen LogP contribution is 2.34. The summed E-state index contributed by atoms with van der Waals surface area (Å²) in [6, 6.07) is 5.25. The smallest absolute Gasteiger partial charge is 0.275 e. The number of fused-ring (bicyclic) bond motifs is 1. The van der Waals surface area contributed by atoms with Crippen molar-refractivity contribution in [3.05, 3.63) is 34.5 Å². The Hall–Kier alpha value is -1.50. The van der Waals surface area contributed by atoms with Crippen molar-refractivity contribution < 1.29 is 9.18 Å². The molecule has 4 nitrogen and oxygen atoms in total. The van der Waals surface area contributed by atoms with Crippen LogP contribution < -0.4 is 11.3 Å². The van der Waals surface area contributed by atoms with Crippen molar-refractivity contribution in [3.8, 4) is 0 Å². The SMILES string of the molecule is CCC(C)N(C)Cc1c(C(=O)NN)sc2cccc(F)c12. The number of benzene rings is 1. The molecular formula is C15H20FN3OS. The first-order valence-electron chi connectivity index (χ1n) is 6.90. The number of hydrogen-bond acceptors (Lipinski definition) is 4. The van der Waals surface area contributed by atoms with E-state index >= 15 is 0 Å². The van der Waals surface area contributed by atoms with Gasteiger partial charge in [0, 0.05) is 28.2 Å². The van der Waals surface area contributed by atoms with Crippen molar-refractivity contribution in [2.75, 3.05) is 7.05 Å². The number of halogens is 1. The van der Waals surface area contributed by atoms with Gasteiger partial charge in [-0.25, -0.2) is 10.2 Å². The molecule has 0 saturated carbocycles. The third-order valence-electron chi connectivity index (χ3n) is 3.85. The average molecular weight is 309 g/mol. The second-order valence-corrected chi connectivity index (χ2v) is 6.22. The molecule has 1 amide bonds. The molecule has 114 valence electrons. The second kappa shape index (κ2) is 6.51. The molecule has 1 atom stereocenters. The van der Waals surface area contributed by atoms with Crippen LogP contribution >= 0.6 is 11.3 Å². The first-order valence-corrected chi connectivity index (χ1v) is 7.72. The molecule has 0 radical (unpaired) electrons. The number of nitrogens with one attached hydrogen (secondary N) is 1. The van der Waals surface area contributed by atoms with E-state index < -0.39 is 0 Å². The molecule has 0 spiro atoms. The monoisotopic (exact) mass is 309 g/mol. The third-order valence-corrected chi connectivity index (χ3v) is 5.05. The number of rotatable bonds is 5. The number of hydrazine groups is 1. The van der Waals surface area contributed by atoms with Gasteiger partial charge in [-0.05, 0) is 32.5 Å². The molecule has 1 aromatic carbocycles. The zero-order valence-electron chi connectivity index (χ0n) is 12.4. The standard InChI is InChI=1S/C15H20FN3OS/c1-4-9(2)19(3)8-10-13-11(16)6-5-7-12(13)21-14(10)15(20)18-17/h5-7,9H,4,8,17H2,1-3H3,(H,18,20). The molecule has 2 aromatic rings. The molecule has 0 saturated heterocycles. The first kappa shape index (κ1) is 15.9. The lowest BCUT2D eigenvalue weighted by Crippen LogP contribution is -2.32. The third kappa shape index (κ3) is 3.07. The van der Waals surface area contributed by atoms with Gasteiger partial charge in [-0.2, -0.15) is 0 Å². The number of nitrogen functional groups attached to an aromatic ring is 1. The Kier molecular flexibility index (Phi) is 4.92. The van der Waals surface area contributed by atoms with Crippen molar-refractivity contribution in [3.63, 3.8) is 0 Å².